The molecule has 0 heterocycles. The molecule has 1 unspecified atom stereocenters. The van der Waals surface area contributed by atoms with E-state index >= 15 is 0 Å². The highest BCUT2D eigenvalue weighted by Gasteiger charge is 2.26. The number of carbonyl (C=O) groups is 1. The first-order valence-corrected chi connectivity index (χ1v) is 5.37. The summed E-state index contributed by atoms with van der Waals surface area (Å²) in [5.74, 6) is 0.219. The number of hydrogen-bond acceptors (Lipinski definition) is 3. The van der Waals surface area contributed by atoms with Crippen LogP contribution >= 0.6 is 11.6 Å². The summed E-state index contributed by atoms with van der Waals surface area (Å²) in [6, 6.07) is 0. The fourth-order valence-electron chi connectivity index (χ4n) is 0.903. The molecule has 15 heavy (non-hydrogen) atoms. The SMILES string of the molecule is COCC(CNC(=O)C(C)(C)CCl)OC. The van der Waals surface area contributed by atoms with Crippen LogP contribution in [0.3, 0.4) is 0 Å². The van der Waals surface area contributed by atoms with Crippen LogP contribution in [0.25, 0.3) is 0 Å². The lowest BCUT2D eigenvalue weighted by molar-refractivity contribution is -0.129. The molecule has 0 aromatic heterocycles. The zero-order valence-corrected chi connectivity index (χ0v) is 10.6. The highest BCUT2D eigenvalue weighted by atomic mass is 35.5. The van der Waals surface area contributed by atoms with Crippen LogP contribution in [-0.2, 0) is 14.3 Å². The molecule has 1 atom stereocenters. The van der Waals surface area contributed by atoms with Gasteiger partial charge in [0.25, 0.3) is 0 Å². The number of halogens is 1. The summed E-state index contributed by atoms with van der Waals surface area (Å²) in [5.41, 5.74) is -0.549. The standard InChI is InChI=1S/C10H20ClNO3/c1-10(2,7-11)9(13)12-5-8(15-4)6-14-3/h8H,5-7H2,1-4H3,(H,12,13). The van der Waals surface area contributed by atoms with E-state index in [0.29, 0.717) is 19.0 Å². The highest BCUT2D eigenvalue weighted by Crippen LogP contribution is 2.16. The summed E-state index contributed by atoms with van der Waals surface area (Å²) in [6.07, 6.45) is -0.120. The van der Waals surface area contributed by atoms with Crippen molar-refractivity contribution in [3.05, 3.63) is 0 Å². The minimum Gasteiger partial charge on any atom is -0.382 e. The number of ether oxygens (including phenoxy) is 2. The summed E-state index contributed by atoms with van der Waals surface area (Å²) < 4.78 is 10.1. The second-order valence-corrected chi connectivity index (χ2v) is 4.31. The van der Waals surface area contributed by atoms with E-state index in [0.717, 1.165) is 0 Å². The Morgan fingerprint density at radius 1 is 1.47 bits per heavy atom. The van der Waals surface area contributed by atoms with Crippen molar-refractivity contribution in [3.63, 3.8) is 0 Å². The van der Waals surface area contributed by atoms with Gasteiger partial charge in [0.1, 0.15) is 0 Å². The maximum Gasteiger partial charge on any atom is 0.226 e. The maximum absolute atomic E-state index is 11.6. The van der Waals surface area contributed by atoms with Crippen molar-refractivity contribution in [3.8, 4) is 0 Å². The first-order chi connectivity index (χ1) is 6.97. The Labute approximate surface area is 96.3 Å². The monoisotopic (exact) mass is 237 g/mol. The van der Waals surface area contributed by atoms with Crippen LogP contribution < -0.4 is 5.32 Å². The van der Waals surface area contributed by atoms with E-state index in [4.69, 9.17) is 21.1 Å². The van der Waals surface area contributed by atoms with Gasteiger partial charge in [0.15, 0.2) is 0 Å². The fraction of sp³-hybridized carbons (Fsp3) is 0.900. The van der Waals surface area contributed by atoms with Gasteiger partial charge in [-0.05, 0) is 13.8 Å². The van der Waals surface area contributed by atoms with E-state index in [-0.39, 0.29) is 12.0 Å². The van der Waals surface area contributed by atoms with Crippen molar-refractivity contribution in [1.82, 2.24) is 5.32 Å². The minimum atomic E-state index is -0.549. The third kappa shape index (κ3) is 5.35. The molecule has 0 aromatic rings. The molecule has 0 aliphatic heterocycles. The topological polar surface area (TPSA) is 47.6 Å². The van der Waals surface area contributed by atoms with Crippen LogP contribution in [0.5, 0.6) is 0 Å². The van der Waals surface area contributed by atoms with Crippen LogP contribution in [0.2, 0.25) is 0 Å². The molecule has 5 heteroatoms. The Hall–Kier alpha value is -0.320. The zero-order chi connectivity index (χ0) is 11.9. The molecular weight excluding hydrogens is 218 g/mol. The molecule has 0 bridgehead atoms. The number of hydrogen-bond donors (Lipinski definition) is 1. The smallest absolute Gasteiger partial charge is 0.226 e. The Morgan fingerprint density at radius 2 is 2.07 bits per heavy atom. The maximum atomic E-state index is 11.6. The molecule has 1 amide bonds. The molecule has 0 aliphatic rings. The average Bonchev–Trinajstić information content (AvgIpc) is 2.23. The first kappa shape index (κ1) is 14.7. The Kier molecular flexibility index (Phi) is 6.89. The predicted molar refractivity (Wildman–Crippen MR) is 60.2 cm³/mol. The number of carbonyl (C=O) groups excluding carboxylic acids is 1. The lowest BCUT2D eigenvalue weighted by atomic mass is 9.95. The van der Waals surface area contributed by atoms with Gasteiger partial charge in [0.05, 0.1) is 18.1 Å². The molecule has 1 N–H and O–H groups in total. The van der Waals surface area contributed by atoms with Crippen LogP contribution in [0.4, 0.5) is 0 Å². The van der Waals surface area contributed by atoms with Gasteiger partial charge in [-0.25, -0.2) is 0 Å². The van der Waals surface area contributed by atoms with Crippen molar-refractivity contribution >= 4 is 17.5 Å². The van der Waals surface area contributed by atoms with E-state index in [1.165, 1.54) is 0 Å². The highest BCUT2D eigenvalue weighted by molar-refractivity contribution is 6.19. The lowest BCUT2D eigenvalue weighted by Crippen LogP contribution is -2.43. The van der Waals surface area contributed by atoms with Crippen molar-refractivity contribution in [1.29, 1.82) is 0 Å². The third-order valence-electron chi connectivity index (χ3n) is 2.12. The quantitative estimate of drug-likeness (QED) is 0.673. The van der Waals surface area contributed by atoms with E-state index in [1.54, 1.807) is 28.1 Å². The average molecular weight is 238 g/mol. The van der Waals surface area contributed by atoms with Gasteiger partial charge in [0, 0.05) is 26.6 Å². The normalized spacial score (nSPS) is 13.7. The number of rotatable bonds is 7. The van der Waals surface area contributed by atoms with Crippen molar-refractivity contribution < 1.29 is 14.3 Å². The molecule has 90 valence electrons. The van der Waals surface area contributed by atoms with Gasteiger partial charge in [0.2, 0.25) is 5.91 Å². The van der Waals surface area contributed by atoms with Gasteiger partial charge >= 0.3 is 0 Å². The van der Waals surface area contributed by atoms with E-state index < -0.39 is 5.41 Å². The van der Waals surface area contributed by atoms with Gasteiger partial charge < -0.3 is 14.8 Å². The van der Waals surface area contributed by atoms with E-state index in [9.17, 15) is 4.79 Å². The molecule has 0 radical (unpaired) electrons. The summed E-state index contributed by atoms with van der Waals surface area (Å²) >= 11 is 5.68. The molecule has 0 aliphatic carbocycles. The predicted octanol–water partition coefficient (Wildman–Crippen LogP) is 1.03. The number of amides is 1. The summed E-state index contributed by atoms with van der Waals surface area (Å²) in [4.78, 5) is 11.6. The summed E-state index contributed by atoms with van der Waals surface area (Å²) in [7, 11) is 3.18. The third-order valence-corrected chi connectivity index (χ3v) is 2.79. The summed E-state index contributed by atoms with van der Waals surface area (Å²) in [5, 5.41) is 2.78. The lowest BCUT2D eigenvalue weighted by Gasteiger charge is -2.22. The van der Waals surface area contributed by atoms with Gasteiger partial charge in [-0.2, -0.15) is 0 Å². The molecule has 0 saturated carbocycles. The van der Waals surface area contributed by atoms with Crippen molar-refractivity contribution in [2.45, 2.75) is 20.0 Å². The largest absolute Gasteiger partial charge is 0.382 e. The van der Waals surface area contributed by atoms with Crippen molar-refractivity contribution in [2.24, 2.45) is 5.41 Å². The van der Waals surface area contributed by atoms with Crippen LogP contribution in [0.15, 0.2) is 0 Å². The first-order valence-electron chi connectivity index (χ1n) is 4.84. The zero-order valence-electron chi connectivity index (χ0n) is 9.80. The molecule has 0 rings (SSSR count). The van der Waals surface area contributed by atoms with Crippen LogP contribution in [-0.4, -0.2) is 45.3 Å². The molecule has 0 saturated heterocycles. The minimum absolute atomic E-state index is 0.0735. The molecule has 0 aromatic carbocycles. The van der Waals surface area contributed by atoms with Gasteiger partial charge in [-0.3, -0.25) is 4.79 Å². The number of methoxy groups -OCH3 is 2. The molecule has 0 fully saturated rings. The Morgan fingerprint density at radius 3 is 2.47 bits per heavy atom. The Bertz CT molecular complexity index is 197. The van der Waals surface area contributed by atoms with E-state index in [1.807, 2.05) is 0 Å². The van der Waals surface area contributed by atoms with Crippen molar-refractivity contribution in [2.75, 3.05) is 33.3 Å². The second kappa shape index (κ2) is 7.04. The van der Waals surface area contributed by atoms with E-state index in [2.05, 4.69) is 5.32 Å². The summed E-state index contributed by atoms with van der Waals surface area (Å²) in [6.45, 7) is 4.49. The fourth-order valence-corrected chi connectivity index (χ4v) is 1.02. The molecular formula is C10H20ClNO3. The molecule has 0 spiro atoms. The number of alkyl halides is 1. The number of nitrogens with one attached hydrogen (secondary N) is 1. The van der Waals surface area contributed by atoms with Gasteiger partial charge in [-0.15, -0.1) is 11.6 Å². The Balaban J connectivity index is 3.98. The van der Waals surface area contributed by atoms with Crippen LogP contribution in [0.1, 0.15) is 13.8 Å². The van der Waals surface area contributed by atoms with Crippen LogP contribution in [0, 0.1) is 5.41 Å². The second-order valence-electron chi connectivity index (χ2n) is 4.04. The molecule has 4 nitrogen and oxygen atoms in total. The van der Waals surface area contributed by atoms with Gasteiger partial charge in [-0.1, -0.05) is 0 Å².